The zero-order valence-electron chi connectivity index (χ0n) is 12.3. The fraction of sp³-hybridized carbons (Fsp3) is 0.250. The number of hydrogen-bond donors (Lipinski definition) is 3. The highest BCUT2D eigenvalue weighted by Gasteiger charge is 2.19. The minimum absolute atomic E-state index is 0.283. The van der Waals surface area contributed by atoms with Gasteiger partial charge >= 0.3 is 0 Å². The van der Waals surface area contributed by atoms with Gasteiger partial charge in [0.05, 0.1) is 19.3 Å². The predicted octanol–water partition coefficient (Wildman–Crippen LogP) is 1.75. The summed E-state index contributed by atoms with van der Waals surface area (Å²) in [6.45, 7) is 1.71. The van der Waals surface area contributed by atoms with Gasteiger partial charge in [0.15, 0.2) is 0 Å². The Labute approximate surface area is 128 Å². The molecule has 0 aliphatic rings. The normalized spacial score (nSPS) is 13.0. The van der Waals surface area contributed by atoms with E-state index in [4.69, 9.17) is 10.00 Å². The van der Waals surface area contributed by atoms with Gasteiger partial charge in [0.2, 0.25) is 0 Å². The van der Waals surface area contributed by atoms with Crippen LogP contribution in [0.1, 0.15) is 34.8 Å². The second kappa shape index (κ2) is 6.78. The van der Waals surface area contributed by atoms with Crippen LogP contribution in [0.2, 0.25) is 0 Å². The lowest BCUT2D eigenvalue weighted by Gasteiger charge is -2.20. The molecule has 0 saturated carbocycles. The van der Waals surface area contributed by atoms with Gasteiger partial charge in [0.25, 0.3) is 5.91 Å². The number of carbonyl (C=O) groups excluding carboxylic acids is 1. The van der Waals surface area contributed by atoms with Crippen LogP contribution >= 0.6 is 0 Å². The molecule has 0 aliphatic heterocycles. The lowest BCUT2D eigenvalue weighted by atomic mass is 10.0. The number of ether oxygens (including phenoxy) is 1. The third-order valence-electron chi connectivity index (χ3n) is 3.34. The average Bonchev–Trinajstić information content (AvgIpc) is 3.03. The van der Waals surface area contributed by atoms with Crippen molar-refractivity contribution in [1.82, 2.24) is 10.3 Å². The van der Waals surface area contributed by atoms with Crippen LogP contribution in [0.15, 0.2) is 36.4 Å². The number of nitriles is 1. The van der Waals surface area contributed by atoms with Crippen molar-refractivity contribution in [2.75, 3.05) is 7.11 Å². The molecule has 0 aliphatic carbocycles. The summed E-state index contributed by atoms with van der Waals surface area (Å²) in [4.78, 5) is 14.7. The molecule has 1 amide bonds. The van der Waals surface area contributed by atoms with E-state index in [1.54, 1.807) is 38.3 Å². The smallest absolute Gasteiger partial charge is 0.268 e. The number of nitrogens with zero attached hydrogens (tertiary/aromatic N) is 1. The molecular formula is C16H17N3O3. The van der Waals surface area contributed by atoms with E-state index >= 15 is 0 Å². The van der Waals surface area contributed by atoms with Crippen molar-refractivity contribution in [3.05, 3.63) is 53.3 Å². The van der Waals surface area contributed by atoms with Crippen LogP contribution in [0.5, 0.6) is 5.75 Å². The zero-order chi connectivity index (χ0) is 16.1. The molecule has 2 atom stereocenters. The highest BCUT2D eigenvalue weighted by atomic mass is 16.5. The first-order valence-corrected chi connectivity index (χ1v) is 6.77. The quantitative estimate of drug-likeness (QED) is 0.783. The summed E-state index contributed by atoms with van der Waals surface area (Å²) in [5.41, 5.74) is 1.27. The molecule has 3 N–H and O–H groups in total. The monoisotopic (exact) mass is 299 g/mol. The summed E-state index contributed by atoms with van der Waals surface area (Å²) in [7, 11) is 1.57. The summed E-state index contributed by atoms with van der Waals surface area (Å²) in [5.74, 6) is 0.324. The minimum Gasteiger partial charge on any atom is -0.497 e. The molecular weight excluding hydrogens is 282 g/mol. The molecule has 0 bridgehead atoms. The average molecular weight is 299 g/mol. The Kier molecular flexibility index (Phi) is 4.81. The highest BCUT2D eigenvalue weighted by molar-refractivity contribution is 5.92. The number of nitrogens with one attached hydrogen (secondary N) is 2. The number of benzene rings is 1. The lowest BCUT2D eigenvalue weighted by Crippen LogP contribution is -2.37. The number of hydrogen-bond acceptors (Lipinski definition) is 4. The number of aliphatic hydroxyl groups excluding tert-OH is 1. The Bertz CT molecular complexity index is 685. The van der Waals surface area contributed by atoms with Crippen molar-refractivity contribution in [1.29, 1.82) is 5.26 Å². The topological polar surface area (TPSA) is 98.1 Å². The highest BCUT2D eigenvalue weighted by Crippen LogP contribution is 2.20. The number of aliphatic hydroxyl groups is 1. The Morgan fingerprint density at radius 2 is 2.00 bits per heavy atom. The fourth-order valence-corrected chi connectivity index (χ4v) is 2.05. The summed E-state index contributed by atoms with van der Waals surface area (Å²) >= 11 is 0. The Morgan fingerprint density at radius 1 is 1.32 bits per heavy atom. The SMILES string of the molecule is COc1ccc(C(O)C(C)NC(=O)c2ccc(C#N)[nH]2)cc1. The Morgan fingerprint density at radius 3 is 2.55 bits per heavy atom. The molecule has 6 nitrogen and oxygen atoms in total. The maximum Gasteiger partial charge on any atom is 0.268 e. The van der Waals surface area contributed by atoms with Gasteiger partial charge in [0.1, 0.15) is 23.2 Å². The number of aromatic nitrogens is 1. The van der Waals surface area contributed by atoms with Gasteiger partial charge in [-0.1, -0.05) is 12.1 Å². The molecule has 2 rings (SSSR count). The summed E-state index contributed by atoms with van der Waals surface area (Å²) in [6.07, 6.45) is -0.847. The molecule has 2 aromatic rings. The molecule has 1 aromatic carbocycles. The molecule has 0 radical (unpaired) electrons. The zero-order valence-corrected chi connectivity index (χ0v) is 12.3. The first-order valence-electron chi connectivity index (χ1n) is 6.77. The van der Waals surface area contributed by atoms with Crippen molar-refractivity contribution in [3.8, 4) is 11.8 Å². The number of amides is 1. The molecule has 2 unspecified atom stereocenters. The first-order chi connectivity index (χ1) is 10.5. The first kappa shape index (κ1) is 15.6. The van der Waals surface area contributed by atoms with Crippen molar-refractivity contribution < 1.29 is 14.6 Å². The van der Waals surface area contributed by atoms with Crippen LogP contribution in [0, 0.1) is 11.3 Å². The van der Waals surface area contributed by atoms with Crippen molar-refractivity contribution in [2.45, 2.75) is 19.1 Å². The largest absolute Gasteiger partial charge is 0.497 e. The van der Waals surface area contributed by atoms with Gasteiger partial charge in [-0.3, -0.25) is 4.79 Å². The van der Waals surface area contributed by atoms with Crippen LogP contribution in [-0.2, 0) is 0 Å². The summed E-state index contributed by atoms with van der Waals surface area (Å²) < 4.78 is 5.06. The summed E-state index contributed by atoms with van der Waals surface area (Å²) in [6, 6.07) is 11.5. The number of carbonyl (C=O) groups is 1. The van der Waals surface area contributed by atoms with Gasteiger partial charge < -0.3 is 20.1 Å². The van der Waals surface area contributed by atoms with E-state index in [2.05, 4.69) is 10.3 Å². The molecule has 1 heterocycles. The van der Waals surface area contributed by atoms with E-state index in [0.29, 0.717) is 17.0 Å². The minimum atomic E-state index is -0.847. The Balaban J connectivity index is 2.02. The van der Waals surface area contributed by atoms with Crippen molar-refractivity contribution in [2.24, 2.45) is 0 Å². The van der Waals surface area contributed by atoms with Crippen LogP contribution < -0.4 is 10.1 Å². The molecule has 0 spiro atoms. The van der Waals surface area contributed by atoms with Gasteiger partial charge in [-0.2, -0.15) is 5.26 Å². The standard InChI is InChI=1S/C16H17N3O3/c1-10(15(20)11-3-6-13(22-2)7-4-11)18-16(21)14-8-5-12(9-17)19-14/h3-8,10,15,19-20H,1-2H3,(H,18,21). The third-order valence-corrected chi connectivity index (χ3v) is 3.34. The van der Waals surface area contributed by atoms with Crippen LogP contribution in [0.3, 0.4) is 0 Å². The second-order valence-corrected chi connectivity index (χ2v) is 4.88. The Hall–Kier alpha value is -2.78. The van der Waals surface area contributed by atoms with E-state index in [0.717, 1.165) is 0 Å². The van der Waals surface area contributed by atoms with Crippen molar-refractivity contribution >= 4 is 5.91 Å². The molecule has 0 fully saturated rings. The number of methoxy groups -OCH3 is 1. The predicted molar refractivity (Wildman–Crippen MR) is 80.4 cm³/mol. The third kappa shape index (κ3) is 3.45. The molecule has 22 heavy (non-hydrogen) atoms. The number of H-pyrrole nitrogens is 1. The number of rotatable bonds is 5. The van der Waals surface area contributed by atoms with E-state index in [-0.39, 0.29) is 11.6 Å². The van der Waals surface area contributed by atoms with Crippen LogP contribution in [0.4, 0.5) is 0 Å². The van der Waals surface area contributed by atoms with Gasteiger partial charge in [-0.05, 0) is 36.8 Å². The van der Waals surface area contributed by atoms with E-state index in [1.165, 1.54) is 12.1 Å². The van der Waals surface area contributed by atoms with E-state index in [9.17, 15) is 9.90 Å². The molecule has 1 aromatic heterocycles. The molecule has 0 saturated heterocycles. The number of aromatic amines is 1. The van der Waals surface area contributed by atoms with E-state index < -0.39 is 12.1 Å². The van der Waals surface area contributed by atoms with Crippen LogP contribution in [-0.4, -0.2) is 29.1 Å². The molecule has 114 valence electrons. The summed E-state index contributed by atoms with van der Waals surface area (Å²) in [5, 5.41) is 21.7. The van der Waals surface area contributed by atoms with Crippen molar-refractivity contribution in [3.63, 3.8) is 0 Å². The van der Waals surface area contributed by atoms with Gasteiger partial charge in [0, 0.05) is 0 Å². The fourth-order valence-electron chi connectivity index (χ4n) is 2.05. The molecule has 6 heteroatoms. The lowest BCUT2D eigenvalue weighted by molar-refractivity contribution is 0.0848. The van der Waals surface area contributed by atoms with Gasteiger partial charge in [-0.15, -0.1) is 0 Å². The second-order valence-electron chi connectivity index (χ2n) is 4.88. The van der Waals surface area contributed by atoms with Crippen LogP contribution in [0.25, 0.3) is 0 Å². The maximum atomic E-state index is 12.0. The van der Waals surface area contributed by atoms with E-state index in [1.807, 2.05) is 6.07 Å². The maximum absolute atomic E-state index is 12.0. The van der Waals surface area contributed by atoms with Gasteiger partial charge in [-0.25, -0.2) is 0 Å².